The molecule has 1 saturated heterocycles. The number of sulfonamides is 1. The number of nitrogens with one attached hydrogen (secondary N) is 1. The van der Waals surface area contributed by atoms with Gasteiger partial charge in [0.25, 0.3) is 5.91 Å². The number of carbonyl (C=O) groups is 1. The molecule has 1 aliphatic heterocycles. The predicted molar refractivity (Wildman–Crippen MR) is 76.1 cm³/mol. The van der Waals surface area contributed by atoms with Gasteiger partial charge in [-0.3, -0.25) is 4.79 Å². The van der Waals surface area contributed by atoms with Crippen LogP contribution in [0, 0.1) is 0 Å². The molecule has 1 aliphatic rings. The monoisotopic (exact) mass is 298 g/mol. The molecule has 1 fully saturated rings. The summed E-state index contributed by atoms with van der Waals surface area (Å²) < 4.78 is 24.2. The number of carbonyl (C=O) groups excluding carboxylic acids is 1. The van der Waals surface area contributed by atoms with Crippen molar-refractivity contribution in [3.63, 3.8) is 0 Å². The van der Waals surface area contributed by atoms with E-state index in [4.69, 9.17) is 0 Å². The third-order valence-electron chi connectivity index (χ3n) is 3.27. The molecule has 2 rings (SSSR count). The van der Waals surface area contributed by atoms with Gasteiger partial charge >= 0.3 is 0 Å². The van der Waals surface area contributed by atoms with Crippen LogP contribution in [0.1, 0.15) is 10.5 Å². The highest BCUT2D eigenvalue weighted by molar-refractivity contribution is 7.88. The molecule has 7 nitrogen and oxygen atoms in total. The fourth-order valence-corrected chi connectivity index (χ4v) is 2.88. The van der Waals surface area contributed by atoms with E-state index >= 15 is 0 Å². The SMILES string of the molecule is CNc1ccc(C(=O)N2CCN(S(C)(=O)=O)CC2)nc1. The Bertz CT molecular complexity index is 577. The van der Waals surface area contributed by atoms with Crippen LogP contribution in [-0.2, 0) is 10.0 Å². The van der Waals surface area contributed by atoms with Crippen molar-refractivity contribution in [1.29, 1.82) is 0 Å². The summed E-state index contributed by atoms with van der Waals surface area (Å²) in [5.41, 5.74) is 1.21. The van der Waals surface area contributed by atoms with E-state index in [0.717, 1.165) is 5.69 Å². The number of hydrogen-bond donors (Lipinski definition) is 1. The molecule has 1 aromatic rings. The molecular weight excluding hydrogens is 280 g/mol. The third-order valence-corrected chi connectivity index (χ3v) is 4.57. The van der Waals surface area contributed by atoms with Crippen LogP contribution in [0.25, 0.3) is 0 Å². The minimum atomic E-state index is -3.18. The van der Waals surface area contributed by atoms with E-state index < -0.39 is 10.0 Å². The Morgan fingerprint density at radius 3 is 2.35 bits per heavy atom. The smallest absolute Gasteiger partial charge is 0.272 e. The van der Waals surface area contributed by atoms with E-state index in [0.29, 0.717) is 31.9 Å². The van der Waals surface area contributed by atoms with Crippen LogP contribution in [0.5, 0.6) is 0 Å². The molecule has 8 heteroatoms. The van der Waals surface area contributed by atoms with Crippen LogP contribution in [0.2, 0.25) is 0 Å². The van der Waals surface area contributed by atoms with Crippen LogP contribution in [0.15, 0.2) is 18.3 Å². The van der Waals surface area contributed by atoms with Gasteiger partial charge in [0.05, 0.1) is 18.1 Å². The largest absolute Gasteiger partial charge is 0.387 e. The van der Waals surface area contributed by atoms with Gasteiger partial charge in [0.15, 0.2) is 0 Å². The van der Waals surface area contributed by atoms with Gasteiger partial charge in [-0.25, -0.2) is 13.4 Å². The second kappa shape index (κ2) is 5.76. The number of amides is 1. The summed E-state index contributed by atoms with van der Waals surface area (Å²) >= 11 is 0. The molecule has 1 N–H and O–H groups in total. The van der Waals surface area contributed by atoms with Crippen molar-refractivity contribution in [2.24, 2.45) is 0 Å². The van der Waals surface area contributed by atoms with Gasteiger partial charge < -0.3 is 10.2 Å². The van der Waals surface area contributed by atoms with Gasteiger partial charge in [-0.2, -0.15) is 4.31 Å². The summed E-state index contributed by atoms with van der Waals surface area (Å²) in [7, 11) is -1.40. The minimum absolute atomic E-state index is 0.166. The quantitative estimate of drug-likeness (QED) is 0.838. The zero-order valence-corrected chi connectivity index (χ0v) is 12.4. The first-order valence-electron chi connectivity index (χ1n) is 6.30. The molecule has 1 aromatic heterocycles. The summed E-state index contributed by atoms with van der Waals surface area (Å²) in [4.78, 5) is 18.0. The maximum absolute atomic E-state index is 12.2. The minimum Gasteiger partial charge on any atom is -0.387 e. The summed E-state index contributed by atoms with van der Waals surface area (Å²) in [6.45, 7) is 1.45. The predicted octanol–water partition coefficient (Wildman–Crippen LogP) is -0.159. The van der Waals surface area contributed by atoms with E-state index in [1.165, 1.54) is 10.6 Å². The van der Waals surface area contributed by atoms with E-state index in [1.807, 2.05) is 0 Å². The molecular formula is C12H18N4O3S. The molecule has 0 atom stereocenters. The molecule has 1 amide bonds. The van der Waals surface area contributed by atoms with Gasteiger partial charge in [-0.15, -0.1) is 0 Å². The molecule has 0 aliphatic carbocycles. The molecule has 0 saturated carbocycles. The average Bonchev–Trinajstić information content (AvgIpc) is 2.46. The molecule has 0 unspecified atom stereocenters. The first kappa shape index (κ1) is 14.7. The van der Waals surface area contributed by atoms with Crippen LogP contribution in [0.3, 0.4) is 0 Å². The Kier molecular flexibility index (Phi) is 4.24. The van der Waals surface area contributed by atoms with E-state index in [2.05, 4.69) is 10.3 Å². The molecule has 0 spiro atoms. The summed E-state index contributed by atoms with van der Waals surface area (Å²) in [6.07, 6.45) is 2.78. The lowest BCUT2D eigenvalue weighted by molar-refractivity contribution is 0.0692. The van der Waals surface area contributed by atoms with Gasteiger partial charge in [0, 0.05) is 33.2 Å². The van der Waals surface area contributed by atoms with Gasteiger partial charge in [0.2, 0.25) is 10.0 Å². The topological polar surface area (TPSA) is 82.6 Å². The first-order valence-corrected chi connectivity index (χ1v) is 8.15. The van der Waals surface area contributed by atoms with Crippen LogP contribution < -0.4 is 5.32 Å². The standard InChI is InChI=1S/C12H18N4O3S/c1-13-10-3-4-11(14-9-10)12(17)15-5-7-16(8-6-15)20(2,18)19/h3-4,9,13H,5-8H2,1-2H3. The Balaban J connectivity index is 2.01. The van der Waals surface area contributed by atoms with Crippen molar-refractivity contribution in [1.82, 2.24) is 14.2 Å². The highest BCUT2D eigenvalue weighted by atomic mass is 32.2. The van der Waals surface area contributed by atoms with Crippen molar-refractivity contribution < 1.29 is 13.2 Å². The number of aromatic nitrogens is 1. The van der Waals surface area contributed by atoms with Crippen LogP contribution >= 0.6 is 0 Å². The molecule has 2 heterocycles. The summed E-state index contributed by atoms with van der Waals surface area (Å²) in [5, 5.41) is 2.93. The second-order valence-electron chi connectivity index (χ2n) is 4.64. The number of hydrogen-bond acceptors (Lipinski definition) is 5. The highest BCUT2D eigenvalue weighted by Gasteiger charge is 2.26. The molecule has 110 valence electrons. The fraction of sp³-hybridized carbons (Fsp3) is 0.500. The number of nitrogens with zero attached hydrogens (tertiary/aromatic N) is 3. The van der Waals surface area contributed by atoms with Crippen LogP contribution in [0.4, 0.5) is 5.69 Å². The van der Waals surface area contributed by atoms with Gasteiger partial charge in [-0.05, 0) is 12.1 Å². The third kappa shape index (κ3) is 3.26. The maximum atomic E-state index is 12.2. The second-order valence-corrected chi connectivity index (χ2v) is 6.62. The van der Waals surface area contributed by atoms with Crippen LogP contribution in [-0.4, -0.2) is 68.0 Å². The Morgan fingerprint density at radius 2 is 1.90 bits per heavy atom. The highest BCUT2D eigenvalue weighted by Crippen LogP contribution is 2.11. The Labute approximate surface area is 118 Å². The fourth-order valence-electron chi connectivity index (χ4n) is 2.05. The van der Waals surface area contributed by atoms with Crippen molar-refractivity contribution in [2.45, 2.75) is 0 Å². The number of anilines is 1. The lowest BCUT2D eigenvalue weighted by atomic mass is 10.2. The lowest BCUT2D eigenvalue weighted by Crippen LogP contribution is -2.50. The molecule has 0 bridgehead atoms. The van der Waals surface area contributed by atoms with E-state index in [1.54, 1.807) is 30.3 Å². The molecule has 0 aromatic carbocycles. The van der Waals surface area contributed by atoms with Crippen molar-refractivity contribution in [3.8, 4) is 0 Å². The summed E-state index contributed by atoms with van der Waals surface area (Å²) in [5.74, 6) is -0.166. The average molecular weight is 298 g/mol. The molecule has 0 radical (unpaired) electrons. The number of pyridine rings is 1. The van der Waals surface area contributed by atoms with E-state index in [-0.39, 0.29) is 5.91 Å². The Hall–Kier alpha value is -1.67. The van der Waals surface area contributed by atoms with Gasteiger partial charge in [0.1, 0.15) is 5.69 Å². The van der Waals surface area contributed by atoms with Crippen molar-refractivity contribution in [3.05, 3.63) is 24.0 Å². The first-order chi connectivity index (χ1) is 9.41. The van der Waals surface area contributed by atoms with Crippen molar-refractivity contribution in [2.75, 3.05) is 44.8 Å². The molecule has 20 heavy (non-hydrogen) atoms. The number of piperazine rings is 1. The number of rotatable bonds is 3. The van der Waals surface area contributed by atoms with Gasteiger partial charge in [-0.1, -0.05) is 0 Å². The zero-order chi connectivity index (χ0) is 14.8. The lowest BCUT2D eigenvalue weighted by Gasteiger charge is -2.33. The summed E-state index contributed by atoms with van der Waals surface area (Å²) in [6, 6.07) is 3.45. The van der Waals surface area contributed by atoms with E-state index in [9.17, 15) is 13.2 Å². The Morgan fingerprint density at radius 1 is 1.25 bits per heavy atom. The zero-order valence-electron chi connectivity index (χ0n) is 11.5. The van der Waals surface area contributed by atoms with Crippen molar-refractivity contribution >= 4 is 21.6 Å². The maximum Gasteiger partial charge on any atom is 0.272 e. The normalized spacial score (nSPS) is 17.0.